The van der Waals surface area contributed by atoms with E-state index in [4.69, 9.17) is 9.72 Å². The number of aliphatic hydroxyl groups is 1. The maximum absolute atomic E-state index is 9.60. The van der Waals surface area contributed by atoms with Crippen molar-refractivity contribution in [3.8, 4) is 17.1 Å². The maximum Gasteiger partial charge on any atom is 0.222 e. The first-order valence-corrected chi connectivity index (χ1v) is 9.56. The third-order valence-corrected chi connectivity index (χ3v) is 5.17. The van der Waals surface area contributed by atoms with Crippen LogP contribution in [-0.4, -0.2) is 33.4 Å². The van der Waals surface area contributed by atoms with Gasteiger partial charge in [-0.05, 0) is 41.7 Å². The van der Waals surface area contributed by atoms with Gasteiger partial charge in [0.15, 0.2) is 0 Å². The molecule has 0 unspecified atom stereocenters. The summed E-state index contributed by atoms with van der Waals surface area (Å²) in [5.41, 5.74) is 6.02. The van der Waals surface area contributed by atoms with Crippen LogP contribution >= 0.6 is 0 Å². The molecule has 3 heterocycles. The van der Waals surface area contributed by atoms with E-state index >= 15 is 0 Å². The highest BCUT2D eigenvalue weighted by atomic mass is 16.5. The maximum atomic E-state index is 9.60. The average molecular weight is 367 g/mol. The fourth-order valence-electron chi connectivity index (χ4n) is 3.47. The highest BCUT2D eigenvalue weighted by molar-refractivity contribution is 5.86. The highest BCUT2D eigenvalue weighted by Crippen LogP contribution is 2.35. The molecule has 0 aromatic carbocycles. The van der Waals surface area contributed by atoms with Crippen LogP contribution in [-0.2, 0) is 13.5 Å². The lowest BCUT2D eigenvalue weighted by molar-refractivity contribution is 0.273. The van der Waals surface area contributed by atoms with Crippen molar-refractivity contribution >= 4 is 11.0 Å². The number of ether oxygens (including phenoxy) is 1. The molecule has 0 saturated carbocycles. The minimum atomic E-state index is 0.0765. The lowest BCUT2D eigenvalue weighted by Crippen LogP contribution is -2.02. The van der Waals surface area contributed by atoms with Crippen molar-refractivity contribution in [2.75, 3.05) is 13.7 Å². The van der Waals surface area contributed by atoms with Gasteiger partial charge in [0, 0.05) is 36.8 Å². The van der Waals surface area contributed by atoms with E-state index in [-0.39, 0.29) is 12.5 Å². The Morgan fingerprint density at radius 1 is 1.19 bits per heavy atom. The predicted molar refractivity (Wildman–Crippen MR) is 109 cm³/mol. The molecular formula is C22H29N3O2. The van der Waals surface area contributed by atoms with Crippen molar-refractivity contribution in [3.05, 3.63) is 41.2 Å². The van der Waals surface area contributed by atoms with E-state index in [1.807, 2.05) is 18.5 Å². The number of hydrogen-bond acceptors (Lipinski definition) is 4. The molecule has 1 N–H and O–H groups in total. The van der Waals surface area contributed by atoms with Gasteiger partial charge in [-0.25, -0.2) is 9.97 Å². The molecule has 5 nitrogen and oxygen atoms in total. The van der Waals surface area contributed by atoms with E-state index in [9.17, 15) is 5.11 Å². The molecule has 1 atom stereocenters. The fraction of sp³-hybridized carbons (Fsp3) is 0.455. The first kappa shape index (κ1) is 19.4. The van der Waals surface area contributed by atoms with Crippen LogP contribution in [0, 0.1) is 0 Å². The molecule has 0 saturated heterocycles. The smallest absolute Gasteiger partial charge is 0.222 e. The van der Waals surface area contributed by atoms with E-state index in [0.717, 1.165) is 45.5 Å². The Kier molecular flexibility index (Phi) is 5.51. The van der Waals surface area contributed by atoms with E-state index < -0.39 is 0 Å². The SMILES string of the molecule is CCc1cc2c([C@H](C)CO)cn(C)c2nc1-c1ccc(C(C)C)nc1OC. The monoisotopic (exact) mass is 367 g/mol. The summed E-state index contributed by atoms with van der Waals surface area (Å²) in [5, 5.41) is 10.7. The zero-order valence-electron chi connectivity index (χ0n) is 17.1. The summed E-state index contributed by atoms with van der Waals surface area (Å²) in [4.78, 5) is 9.69. The third-order valence-electron chi connectivity index (χ3n) is 5.17. The molecule has 144 valence electrons. The van der Waals surface area contributed by atoms with Crippen molar-refractivity contribution in [2.45, 2.75) is 46.0 Å². The van der Waals surface area contributed by atoms with Gasteiger partial charge in [-0.2, -0.15) is 0 Å². The van der Waals surface area contributed by atoms with Gasteiger partial charge in [0.1, 0.15) is 5.65 Å². The zero-order valence-corrected chi connectivity index (χ0v) is 17.1. The van der Waals surface area contributed by atoms with Gasteiger partial charge >= 0.3 is 0 Å². The standard InChI is InChI=1S/C22H29N3O2/c1-7-15-10-17-18(14(4)12-26)11-25(5)21(17)24-20(15)16-8-9-19(13(2)3)23-22(16)27-6/h8-11,13-14,26H,7,12H2,1-6H3/t14-/m1/s1. The molecule has 3 aromatic rings. The Balaban J connectivity index is 2.25. The zero-order chi connectivity index (χ0) is 19.7. The molecule has 0 fully saturated rings. The lowest BCUT2D eigenvalue weighted by atomic mass is 9.98. The molecule has 0 aliphatic carbocycles. The molecule has 0 aliphatic rings. The largest absolute Gasteiger partial charge is 0.480 e. The first-order chi connectivity index (χ1) is 12.9. The fourth-order valence-corrected chi connectivity index (χ4v) is 3.47. The Hall–Kier alpha value is -2.40. The van der Waals surface area contributed by atoms with Crippen LogP contribution in [0.5, 0.6) is 5.88 Å². The second kappa shape index (κ2) is 7.69. The van der Waals surface area contributed by atoms with Crippen LogP contribution in [0.4, 0.5) is 0 Å². The van der Waals surface area contributed by atoms with E-state index in [1.54, 1.807) is 7.11 Å². The van der Waals surface area contributed by atoms with Gasteiger partial charge in [0.2, 0.25) is 5.88 Å². The Labute approximate surface area is 161 Å². The summed E-state index contributed by atoms with van der Waals surface area (Å²) >= 11 is 0. The van der Waals surface area contributed by atoms with Crippen molar-refractivity contribution in [1.82, 2.24) is 14.5 Å². The summed E-state index contributed by atoms with van der Waals surface area (Å²) < 4.78 is 7.63. The first-order valence-electron chi connectivity index (χ1n) is 9.56. The molecule has 0 amide bonds. The highest BCUT2D eigenvalue weighted by Gasteiger charge is 2.19. The molecule has 27 heavy (non-hydrogen) atoms. The third kappa shape index (κ3) is 3.44. The second-order valence-electron chi connectivity index (χ2n) is 7.45. The Morgan fingerprint density at radius 2 is 1.93 bits per heavy atom. The summed E-state index contributed by atoms with van der Waals surface area (Å²) in [7, 11) is 3.65. The van der Waals surface area contributed by atoms with Gasteiger partial charge in [-0.15, -0.1) is 0 Å². The number of aliphatic hydroxyl groups excluding tert-OH is 1. The van der Waals surface area contributed by atoms with Crippen LogP contribution in [0.3, 0.4) is 0 Å². The van der Waals surface area contributed by atoms with Crippen LogP contribution in [0.2, 0.25) is 0 Å². The summed E-state index contributed by atoms with van der Waals surface area (Å²) in [6.45, 7) is 8.53. The predicted octanol–water partition coefficient (Wildman–Crippen LogP) is 4.43. The number of fused-ring (bicyclic) bond motifs is 1. The molecule has 0 bridgehead atoms. The van der Waals surface area contributed by atoms with Crippen molar-refractivity contribution in [1.29, 1.82) is 0 Å². The number of methoxy groups -OCH3 is 1. The summed E-state index contributed by atoms with van der Waals surface area (Å²) in [6, 6.07) is 6.32. The molecule has 0 radical (unpaired) electrons. The van der Waals surface area contributed by atoms with Crippen molar-refractivity contribution < 1.29 is 9.84 Å². The number of aromatic nitrogens is 3. The number of hydrogen-bond donors (Lipinski definition) is 1. The molecule has 3 aromatic heterocycles. The van der Waals surface area contributed by atoms with Gasteiger partial charge in [-0.3, -0.25) is 0 Å². The van der Waals surface area contributed by atoms with E-state index in [0.29, 0.717) is 11.8 Å². The molecular weight excluding hydrogens is 338 g/mol. The number of nitrogens with zero attached hydrogens (tertiary/aromatic N) is 3. The second-order valence-corrected chi connectivity index (χ2v) is 7.45. The van der Waals surface area contributed by atoms with Gasteiger partial charge in [0.25, 0.3) is 0 Å². The van der Waals surface area contributed by atoms with Crippen molar-refractivity contribution in [2.24, 2.45) is 7.05 Å². The van der Waals surface area contributed by atoms with Crippen LogP contribution < -0.4 is 4.74 Å². The van der Waals surface area contributed by atoms with Crippen molar-refractivity contribution in [3.63, 3.8) is 0 Å². The topological polar surface area (TPSA) is 60.2 Å². The van der Waals surface area contributed by atoms with Crippen LogP contribution in [0.1, 0.15) is 56.4 Å². The Bertz CT molecular complexity index is 960. The summed E-state index contributed by atoms with van der Waals surface area (Å²) in [6.07, 6.45) is 2.92. The van der Waals surface area contributed by atoms with Crippen LogP contribution in [0.15, 0.2) is 24.4 Å². The average Bonchev–Trinajstić information content (AvgIpc) is 3.01. The van der Waals surface area contributed by atoms with Crippen LogP contribution in [0.25, 0.3) is 22.3 Å². The van der Waals surface area contributed by atoms with E-state index in [1.165, 1.54) is 0 Å². The quantitative estimate of drug-likeness (QED) is 0.700. The molecule has 0 spiro atoms. The Morgan fingerprint density at radius 3 is 2.52 bits per heavy atom. The molecule has 3 rings (SSSR count). The van der Waals surface area contributed by atoms with E-state index in [2.05, 4.69) is 50.2 Å². The van der Waals surface area contributed by atoms with Gasteiger partial charge < -0.3 is 14.4 Å². The molecule has 5 heteroatoms. The minimum absolute atomic E-state index is 0.0765. The summed E-state index contributed by atoms with van der Waals surface area (Å²) in [5.74, 6) is 1.03. The molecule has 0 aliphatic heterocycles. The number of rotatable bonds is 6. The van der Waals surface area contributed by atoms with Gasteiger partial charge in [-0.1, -0.05) is 27.7 Å². The van der Waals surface area contributed by atoms with Gasteiger partial charge in [0.05, 0.1) is 18.4 Å². The number of aryl methyl sites for hydroxylation is 2. The minimum Gasteiger partial charge on any atom is -0.480 e. The number of pyridine rings is 2. The lowest BCUT2D eigenvalue weighted by Gasteiger charge is -2.14. The normalized spacial score (nSPS) is 12.7.